The van der Waals surface area contributed by atoms with Gasteiger partial charge in [0.2, 0.25) is 0 Å². The quantitative estimate of drug-likeness (QED) is 0.428. The maximum atomic E-state index is 13.5. The molecular formula is C26H29ClN6O3. The van der Waals surface area contributed by atoms with Crippen LogP contribution in [0.5, 0.6) is 0 Å². The number of amides is 1. The molecule has 5 rings (SSSR count). The summed E-state index contributed by atoms with van der Waals surface area (Å²) in [6.45, 7) is 6.44. The van der Waals surface area contributed by atoms with Gasteiger partial charge in [-0.05, 0) is 57.2 Å². The van der Waals surface area contributed by atoms with Crippen molar-refractivity contribution in [3.05, 3.63) is 58.7 Å². The Kier molecular flexibility index (Phi) is 6.30. The minimum Gasteiger partial charge on any atom is -0.449 e. The van der Waals surface area contributed by atoms with Crippen LogP contribution in [-0.4, -0.2) is 53.7 Å². The van der Waals surface area contributed by atoms with Crippen LogP contribution < -0.4 is 0 Å². The number of piperidine rings is 1. The highest BCUT2D eigenvalue weighted by molar-refractivity contribution is 6.34. The number of likely N-dealkylation sites (tertiary alicyclic amines) is 1. The van der Waals surface area contributed by atoms with Crippen LogP contribution in [0.1, 0.15) is 54.5 Å². The number of benzene rings is 1. The average Bonchev–Trinajstić information content (AvgIpc) is 3.40. The van der Waals surface area contributed by atoms with Crippen LogP contribution >= 0.6 is 11.6 Å². The van der Waals surface area contributed by atoms with Crippen LogP contribution in [0, 0.1) is 12.8 Å². The van der Waals surface area contributed by atoms with Crippen molar-refractivity contribution in [2.45, 2.75) is 45.6 Å². The second-order valence-electron chi connectivity index (χ2n) is 9.94. The fraction of sp³-hybridized carbons (Fsp3) is 0.423. The largest absolute Gasteiger partial charge is 0.449 e. The molecule has 1 aromatic carbocycles. The number of halogens is 1. The van der Waals surface area contributed by atoms with E-state index in [4.69, 9.17) is 16.0 Å². The number of hydrogen-bond acceptors (Lipinski definition) is 7. The predicted molar refractivity (Wildman–Crippen MR) is 136 cm³/mol. The lowest BCUT2D eigenvalue weighted by Crippen LogP contribution is -2.39. The van der Waals surface area contributed by atoms with Crippen LogP contribution in [0.4, 0.5) is 0 Å². The molecule has 0 radical (unpaired) electrons. The second kappa shape index (κ2) is 9.29. The SMILES string of the molecule is Cc1nc(CC2CCN(C(=O)c3cc4c(-c5ccnc(C(C)(C)O)n5)nn(C)c4cc3Cl)CC2)co1. The molecule has 1 N–H and O–H groups in total. The van der Waals surface area contributed by atoms with Gasteiger partial charge >= 0.3 is 0 Å². The Hall–Kier alpha value is -3.30. The summed E-state index contributed by atoms with van der Waals surface area (Å²) in [5.41, 5.74) is 2.18. The second-order valence-corrected chi connectivity index (χ2v) is 10.4. The summed E-state index contributed by atoms with van der Waals surface area (Å²) >= 11 is 6.60. The van der Waals surface area contributed by atoms with Crippen LogP contribution in [0.15, 0.2) is 35.1 Å². The lowest BCUT2D eigenvalue weighted by atomic mass is 9.92. The Morgan fingerprint density at radius 1 is 1.25 bits per heavy atom. The third-order valence-corrected chi connectivity index (χ3v) is 6.99. The zero-order valence-electron chi connectivity index (χ0n) is 20.8. The Labute approximate surface area is 214 Å². The molecule has 0 saturated carbocycles. The number of nitrogens with zero attached hydrogens (tertiary/aromatic N) is 6. The van der Waals surface area contributed by atoms with E-state index in [9.17, 15) is 9.90 Å². The fourth-order valence-electron chi connectivity index (χ4n) is 4.72. The van der Waals surface area contributed by atoms with Crippen molar-refractivity contribution in [3.63, 3.8) is 0 Å². The zero-order chi connectivity index (χ0) is 25.6. The molecule has 0 atom stereocenters. The van der Waals surface area contributed by atoms with Crippen molar-refractivity contribution in [3.8, 4) is 11.4 Å². The Morgan fingerprint density at radius 2 is 2.00 bits per heavy atom. The van der Waals surface area contributed by atoms with Gasteiger partial charge in [0, 0.05) is 38.6 Å². The van der Waals surface area contributed by atoms with Crippen molar-refractivity contribution in [2.75, 3.05) is 13.1 Å². The molecule has 0 spiro atoms. The minimum absolute atomic E-state index is 0.0905. The molecular weight excluding hydrogens is 480 g/mol. The maximum absolute atomic E-state index is 13.5. The van der Waals surface area contributed by atoms with Crippen molar-refractivity contribution < 1.29 is 14.3 Å². The van der Waals surface area contributed by atoms with Gasteiger partial charge in [-0.3, -0.25) is 9.48 Å². The molecule has 4 aromatic rings. The summed E-state index contributed by atoms with van der Waals surface area (Å²) in [6, 6.07) is 5.32. The lowest BCUT2D eigenvalue weighted by molar-refractivity contribution is 0.0683. The smallest absolute Gasteiger partial charge is 0.255 e. The highest BCUT2D eigenvalue weighted by Crippen LogP contribution is 2.33. The molecule has 3 aromatic heterocycles. The van der Waals surface area contributed by atoms with Crippen LogP contribution in [0.3, 0.4) is 0 Å². The minimum atomic E-state index is -1.19. The molecule has 4 heterocycles. The van der Waals surface area contributed by atoms with Gasteiger partial charge in [0.25, 0.3) is 5.91 Å². The van der Waals surface area contributed by atoms with Gasteiger partial charge in [-0.25, -0.2) is 15.0 Å². The molecule has 1 amide bonds. The van der Waals surface area contributed by atoms with Crippen LogP contribution in [0.25, 0.3) is 22.3 Å². The fourth-order valence-corrected chi connectivity index (χ4v) is 4.96. The van der Waals surface area contributed by atoms with E-state index in [1.807, 2.05) is 18.9 Å². The van der Waals surface area contributed by atoms with Crippen LogP contribution in [-0.2, 0) is 19.1 Å². The predicted octanol–water partition coefficient (Wildman–Crippen LogP) is 4.30. The number of aryl methyl sites for hydroxylation is 2. The van der Waals surface area contributed by atoms with E-state index in [1.165, 1.54) is 0 Å². The van der Waals surface area contributed by atoms with Gasteiger partial charge in [0.05, 0.1) is 27.5 Å². The molecule has 1 saturated heterocycles. The first-order valence-electron chi connectivity index (χ1n) is 12.0. The summed E-state index contributed by atoms with van der Waals surface area (Å²) in [5, 5.41) is 16.1. The van der Waals surface area contributed by atoms with E-state index in [0.717, 1.165) is 35.9 Å². The highest BCUT2D eigenvalue weighted by atomic mass is 35.5. The summed E-state index contributed by atoms with van der Waals surface area (Å²) in [7, 11) is 1.82. The van der Waals surface area contributed by atoms with E-state index in [-0.39, 0.29) is 5.91 Å². The molecule has 188 valence electrons. The van der Waals surface area contributed by atoms with E-state index in [1.54, 1.807) is 49.2 Å². The Morgan fingerprint density at radius 3 is 2.67 bits per heavy atom. The van der Waals surface area contributed by atoms with Gasteiger partial charge < -0.3 is 14.4 Å². The maximum Gasteiger partial charge on any atom is 0.255 e. The molecule has 0 unspecified atom stereocenters. The molecule has 1 fully saturated rings. The van der Waals surface area contributed by atoms with Gasteiger partial charge in [-0.1, -0.05) is 11.6 Å². The number of hydrogen-bond donors (Lipinski definition) is 1. The molecule has 9 nitrogen and oxygen atoms in total. The topological polar surface area (TPSA) is 110 Å². The first-order valence-corrected chi connectivity index (χ1v) is 12.4. The van der Waals surface area contributed by atoms with E-state index in [0.29, 0.717) is 52.7 Å². The highest BCUT2D eigenvalue weighted by Gasteiger charge is 2.27. The summed E-state index contributed by atoms with van der Waals surface area (Å²) < 4.78 is 7.04. The zero-order valence-corrected chi connectivity index (χ0v) is 21.6. The molecule has 1 aliphatic heterocycles. The van der Waals surface area contributed by atoms with Crippen LogP contribution in [0.2, 0.25) is 5.02 Å². The summed E-state index contributed by atoms with van der Waals surface area (Å²) in [4.78, 5) is 28.5. The summed E-state index contributed by atoms with van der Waals surface area (Å²) in [5.74, 6) is 1.35. The molecule has 10 heteroatoms. The van der Waals surface area contributed by atoms with E-state index >= 15 is 0 Å². The van der Waals surface area contributed by atoms with E-state index in [2.05, 4.69) is 20.1 Å². The lowest BCUT2D eigenvalue weighted by Gasteiger charge is -2.32. The number of fused-ring (bicyclic) bond motifs is 1. The van der Waals surface area contributed by atoms with E-state index < -0.39 is 5.60 Å². The number of aromatic nitrogens is 5. The number of carbonyl (C=O) groups is 1. The first kappa shape index (κ1) is 24.4. The summed E-state index contributed by atoms with van der Waals surface area (Å²) in [6.07, 6.45) is 5.97. The normalized spacial score (nSPS) is 15.1. The number of oxazole rings is 1. The molecule has 1 aliphatic rings. The third kappa shape index (κ3) is 4.73. The third-order valence-electron chi connectivity index (χ3n) is 6.68. The number of carbonyl (C=O) groups excluding carboxylic acids is 1. The van der Waals surface area contributed by atoms with Crippen molar-refractivity contribution in [1.29, 1.82) is 0 Å². The van der Waals surface area contributed by atoms with Crippen molar-refractivity contribution in [2.24, 2.45) is 13.0 Å². The van der Waals surface area contributed by atoms with Gasteiger partial charge in [-0.2, -0.15) is 5.10 Å². The Balaban J connectivity index is 1.40. The molecule has 0 aliphatic carbocycles. The standard InChI is InChI=1S/C26H29ClN6O3/c1-15-29-17(14-36-15)11-16-6-9-33(10-7-16)24(34)18-12-19-22(13-20(18)27)32(4)31-23(19)21-5-8-28-25(30-21)26(2,3)35/h5,8,12-14,16,35H,6-7,9-11H2,1-4H3. The van der Waals surface area contributed by atoms with Crippen molar-refractivity contribution in [1.82, 2.24) is 29.6 Å². The monoisotopic (exact) mass is 508 g/mol. The number of rotatable bonds is 5. The van der Waals surface area contributed by atoms with Crippen molar-refractivity contribution >= 4 is 28.4 Å². The van der Waals surface area contributed by atoms with Gasteiger partial charge in [0.1, 0.15) is 17.6 Å². The van der Waals surface area contributed by atoms with Gasteiger partial charge in [-0.15, -0.1) is 0 Å². The average molecular weight is 509 g/mol. The number of aliphatic hydroxyl groups is 1. The Bertz CT molecular complexity index is 1430. The molecule has 0 bridgehead atoms. The molecule has 36 heavy (non-hydrogen) atoms. The van der Waals surface area contributed by atoms with Gasteiger partial charge in [0.15, 0.2) is 11.7 Å². The first-order chi connectivity index (χ1) is 17.1.